The van der Waals surface area contributed by atoms with Crippen molar-refractivity contribution in [1.82, 2.24) is 0 Å². The van der Waals surface area contributed by atoms with Crippen LogP contribution in [0.2, 0.25) is 0 Å². The van der Waals surface area contributed by atoms with E-state index < -0.39 is 0 Å². The van der Waals surface area contributed by atoms with Crippen LogP contribution < -0.4 is 10.5 Å². The van der Waals surface area contributed by atoms with Gasteiger partial charge < -0.3 is 24.7 Å². The van der Waals surface area contributed by atoms with Gasteiger partial charge in [0, 0.05) is 11.1 Å². The van der Waals surface area contributed by atoms with Crippen molar-refractivity contribution in [3.8, 4) is 28.2 Å². The van der Waals surface area contributed by atoms with E-state index in [4.69, 9.17) is 19.6 Å². The highest BCUT2D eigenvalue weighted by molar-refractivity contribution is 5.86. The smallest absolute Gasteiger partial charge is 0.227 e. The molecule has 0 saturated carbocycles. The van der Waals surface area contributed by atoms with E-state index in [1.165, 1.54) is 6.34 Å². The van der Waals surface area contributed by atoms with Gasteiger partial charge in [0.25, 0.3) is 0 Å². The van der Waals surface area contributed by atoms with Crippen LogP contribution in [0.3, 0.4) is 0 Å². The molecule has 0 aliphatic heterocycles. The number of ether oxygens (including phenoxy) is 2. The predicted molar refractivity (Wildman–Crippen MR) is 115 cm³/mol. The molecule has 0 fully saturated rings. The molecule has 0 bridgehead atoms. The SMILES string of the molecule is COc1ccc(-c2c(-c3ccccc3)oc(/N=C\N)c2C(C)O[C@H](C)CO)cc1. The molecule has 0 spiro atoms. The maximum absolute atomic E-state index is 9.42. The molecule has 3 aromatic rings. The lowest BCUT2D eigenvalue weighted by atomic mass is 9.95. The van der Waals surface area contributed by atoms with Gasteiger partial charge in [-0.1, -0.05) is 42.5 Å². The van der Waals surface area contributed by atoms with E-state index in [0.717, 1.165) is 28.0 Å². The number of methoxy groups -OCH3 is 1. The third-order valence-electron chi connectivity index (χ3n) is 4.63. The number of hydrogen-bond acceptors (Lipinski definition) is 5. The summed E-state index contributed by atoms with van der Waals surface area (Å²) in [4.78, 5) is 4.25. The topological polar surface area (TPSA) is 90.2 Å². The van der Waals surface area contributed by atoms with Gasteiger partial charge in [-0.2, -0.15) is 0 Å². The number of aliphatic imine (C=N–C) groups is 1. The zero-order chi connectivity index (χ0) is 20.8. The van der Waals surface area contributed by atoms with Gasteiger partial charge in [0.15, 0.2) is 0 Å². The van der Waals surface area contributed by atoms with Gasteiger partial charge in [-0.3, -0.25) is 0 Å². The molecule has 1 aromatic heterocycles. The third-order valence-corrected chi connectivity index (χ3v) is 4.63. The first kappa shape index (κ1) is 20.6. The third kappa shape index (κ3) is 4.50. The van der Waals surface area contributed by atoms with Gasteiger partial charge >= 0.3 is 0 Å². The second-order valence-electron chi connectivity index (χ2n) is 6.67. The Balaban J connectivity index is 2.24. The lowest BCUT2D eigenvalue weighted by Gasteiger charge is -2.19. The summed E-state index contributed by atoms with van der Waals surface area (Å²) in [5.41, 5.74) is 9.08. The predicted octanol–water partition coefficient (Wildman–Crippen LogP) is 4.70. The van der Waals surface area contributed by atoms with Crippen LogP contribution in [0.25, 0.3) is 22.5 Å². The number of rotatable bonds is 8. The molecular formula is C23H26N2O4. The summed E-state index contributed by atoms with van der Waals surface area (Å²) < 4.78 is 17.4. The molecule has 3 N–H and O–H groups in total. The summed E-state index contributed by atoms with van der Waals surface area (Å²) in [6, 6.07) is 17.6. The Labute approximate surface area is 170 Å². The fraction of sp³-hybridized carbons (Fsp3) is 0.261. The molecule has 1 unspecified atom stereocenters. The van der Waals surface area contributed by atoms with E-state index in [1.54, 1.807) is 7.11 Å². The van der Waals surface area contributed by atoms with Gasteiger partial charge in [0.2, 0.25) is 5.88 Å². The first-order chi connectivity index (χ1) is 14.1. The highest BCUT2D eigenvalue weighted by Crippen LogP contribution is 2.46. The average molecular weight is 394 g/mol. The number of nitrogens with zero attached hydrogens (tertiary/aromatic N) is 1. The molecule has 0 aliphatic carbocycles. The number of aliphatic hydroxyl groups excluding tert-OH is 1. The molecular weight excluding hydrogens is 368 g/mol. The lowest BCUT2D eigenvalue weighted by molar-refractivity contribution is -0.0216. The van der Waals surface area contributed by atoms with Crippen LogP contribution in [0, 0.1) is 0 Å². The van der Waals surface area contributed by atoms with Crippen LogP contribution in [0.15, 0.2) is 64.0 Å². The number of aliphatic hydroxyl groups is 1. The minimum atomic E-state index is -0.380. The van der Waals surface area contributed by atoms with Crippen molar-refractivity contribution >= 4 is 12.2 Å². The maximum Gasteiger partial charge on any atom is 0.227 e. The Morgan fingerprint density at radius 2 is 1.76 bits per heavy atom. The van der Waals surface area contributed by atoms with Crippen molar-refractivity contribution in [2.24, 2.45) is 10.7 Å². The second-order valence-corrected chi connectivity index (χ2v) is 6.67. The minimum Gasteiger partial charge on any atom is -0.497 e. The minimum absolute atomic E-state index is 0.0822. The average Bonchev–Trinajstić information content (AvgIpc) is 3.14. The summed E-state index contributed by atoms with van der Waals surface area (Å²) >= 11 is 0. The van der Waals surface area contributed by atoms with Crippen molar-refractivity contribution < 1.29 is 19.0 Å². The molecule has 2 atom stereocenters. The monoisotopic (exact) mass is 394 g/mol. The summed E-state index contributed by atoms with van der Waals surface area (Å²) in [5.74, 6) is 1.83. The second kappa shape index (κ2) is 9.41. The quantitative estimate of drug-likeness (QED) is 0.427. The Kier molecular flexibility index (Phi) is 6.69. The molecule has 2 aromatic carbocycles. The Morgan fingerprint density at radius 1 is 1.07 bits per heavy atom. The molecule has 0 saturated heterocycles. The van der Waals surface area contributed by atoms with Gasteiger partial charge in [-0.25, -0.2) is 4.99 Å². The van der Waals surface area contributed by atoms with Crippen molar-refractivity contribution in [3.05, 3.63) is 60.2 Å². The molecule has 6 nitrogen and oxygen atoms in total. The largest absolute Gasteiger partial charge is 0.497 e. The van der Waals surface area contributed by atoms with Crippen LogP contribution in [-0.4, -0.2) is 31.3 Å². The molecule has 29 heavy (non-hydrogen) atoms. The van der Waals surface area contributed by atoms with Crippen LogP contribution in [0.5, 0.6) is 5.75 Å². The normalized spacial score (nSPS) is 13.5. The molecule has 152 valence electrons. The van der Waals surface area contributed by atoms with E-state index >= 15 is 0 Å². The molecule has 0 amide bonds. The molecule has 3 rings (SSSR count). The zero-order valence-electron chi connectivity index (χ0n) is 16.8. The molecule has 0 aliphatic rings. The molecule has 6 heteroatoms. The standard InChI is InChI=1S/C23H26N2O4/c1-15(13-26)28-16(2)20-21(17-9-11-19(27-3)12-10-17)22(29-23(20)25-14-24)18-7-5-4-6-8-18/h4-12,14-16,26H,13H2,1-3H3,(H2,24,25)/t15-,16?/m1/s1. The molecule has 1 heterocycles. The van der Waals surface area contributed by atoms with Crippen LogP contribution >= 0.6 is 0 Å². The summed E-state index contributed by atoms with van der Waals surface area (Å²) in [5, 5.41) is 9.42. The van der Waals surface area contributed by atoms with Gasteiger partial charge in [0.1, 0.15) is 11.5 Å². The fourth-order valence-corrected chi connectivity index (χ4v) is 3.27. The number of nitrogens with two attached hydrogens (primary N) is 1. The highest BCUT2D eigenvalue weighted by Gasteiger charge is 2.27. The van der Waals surface area contributed by atoms with Crippen LogP contribution in [0.4, 0.5) is 5.88 Å². The fourth-order valence-electron chi connectivity index (χ4n) is 3.27. The van der Waals surface area contributed by atoms with Gasteiger partial charge in [-0.15, -0.1) is 0 Å². The Hall–Kier alpha value is -3.09. The first-order valence-corrected chi connectivity index (χ1v) is 9.46. The van der Waals surface area contributed by atoms with Crippen molar-refractivity contribution in [2.75, 3.05) is 13.7 Å². The number of furan rings is 1. The Morgan fingerprint density at radius 3 is 2.34 bits per heavy atom. The first-order valence-electron chi connectivity index (χ1n) is 9.46. The summed E-state index contributed by atoms with van der Waals surface area (Å²) in [7, 11) is 1.63. The lowest BCUT2D eigenvalue weighted by Crippen LogP contribution is -2.15. The molecule has 0 radical (unpaired) electrons. The van der Waals surface area contributed by atoms with E-state index in [9.17, 15) is 5.11 Å². The van der Waals surface area contributed by atoms with Gasteiger partial charge in [-0.05, 0) is 31.5 Å². The van der Waals surface area contributed by atoms with E-state index in [1.807, 2.05) is 68.4 Å². The number of hydrogen-bond donors (Lipinski definition) is 2. The zero-order valence-corrected chi connectivity index (χ0v) is 16.8. The summed E-state index contributed by atoms with van der Waals surface area (Å²) in [6.07, 6.45) is 0.490. The van der Waals surface area contributed by atoms with E-state index in [-0.39, 0.29) is 18.8 Å². The van der Waals surface area contributed by atoms with Crippen molar-refractivity contribution in [2.45, 2.75) is 26.1 Å². The number of benzene rings is 2. The van der Waals surface area contributed by atoms with Crippen molar-refractivity contribution in [3.63, 3.8) is 0 Å². The van der Waals surface area contributed by atoms with E-state index in [2.05, 4.69) is 4.99 Å². The Bertz CT molecular complexity index is 949. The van der Waals surface area contributed by atoms with Crippen molar-refractivity contribution in [1.29, 1.82) is 0 Å². The highest BCUT2D eigenvalue weighted by atomic mass is 16.5. The summed E-state index contributed by atoms with van der Waals surface area (Å²) in [6.45, 7) is 3.64. The van der Waals surface area contributed by atoms with Crippen LogP contribution in [0.1, 0.15) is 25.5 Å². The van der Waals surface area contributed by atoms with Crippen LogP contribution in [-0.2, 0) is 4.74 Å². The maximum atomic E-state index is 9.42. The van der Waals surface area contributed by atoms with E-state index in [0.29, 0.717) is 11.6 Å². The van der Waals surface area contributed by atoms with Gasteiger partial charge in [0.05, 0.1) is 37.8 Å².